The third-order valence-electron chi connectivity index (χ3n) is 9.71. The number of aromatic nitrogens is 4. The first kappa shape index (κ1) is 24.4. The van der Waals surface area contributed by atoms with Crippen LogP contribution in [-0.2, 0) is 11.3 Å². The highest BCUT2D eigenvalue weighted by atomic mass is 16.5. The molecule has 2 bridgehead atoms. The number of likely N-dealkylation sites (tertiary alicyclic amines) is 1. The zero-order valence-electron chi connectivity index (χ0n) is 23.0. The lowest BCUT2D eigenvalue weighted by Crippen LogP contribution is -2.41. The van der Waals surface area contributed by atoms with Gasteiger partial charge in [0.15, 0.2) is 5.82 Å². The Bertz CT molecular complexity index is 1610. The number of amides is 1. The van der Waals surface area contributed by atoms with Gasteiger partial charge >= 0.3 is 0 Å². The fourth-order valence-corrected chi connectivity index (χ4v) is 7.42. The Kier molecular flexibility index (Phi) is 5.67. The van der Waals surface area contributed by atoms with Crippen LogP contribution in [0.1, 0.15) is 54.9 Å². The van der Waals surface area contributed by atoms with Crippen molar-refractivity contribution < 1.29 is 14.3 Å². The number of carbonyl (C=O) groups excluding carboxylic acids is 1. The fraction of sp³-hybridized carbons (Fsp3) is 0.516. The minimum Gasteiger partial charge on any atom is -0.494 e. The van der Waals surface area contributed by atoms with E-state index in [-0.39, 0.29) is 24.0 Å². The van der Waals surface area contributed by atoms with E-state index >= 15 is 0 Å². The Morgan fingerprint density at radius 1 is 1.12 bits per heavy atom. The van der Waals surface area contributed by atoms with Crippen LogP contribution >= 0.6 is 0 Å². The molecule has 2 saturated heterocycles. The average Bonchev–Trinajstić information content (AvgIpc) is 3.32. The summed E-state index contributed by atoms with van der Waals surface area (Å²) in [5, 5.41) is 1.12. The summed E-state index contributed by atoms with van der Waals surface area (Å²) < 4.78 is 16.5. The number of imidazole rings is 1. The summed E-state index contributed by atoms with van der Waals surface area (Å²) in [5.41, 5.74) is 10.9. The first-order valence-corrected chi connectivity index (χ1v) is 14.8. The van der Waals surface area contributed by atoms with E-state index in [0.29, 0.717) is 36.4 Å². The number of benzene rings is 1. The lowest BCUT2D eigenvalue weighted by molar-refractivity contribution is 0.0700. The first-order chi connectivity index (χ1) is 19.6. The summed E-state index contributed by atoms with van der Waals surface area (Å²) in [6.45, 7) is 3.10. The van der Waals surface area contributed by atoms with Crippen LogP contribution in [0.5, 0.6) is 5.75 Å². The highest BCUT2D eigenvalue weighted by Crippen LogP contribution is 2.42. The van der Waals surface area contributed by atoms with Gasteiger partial charge in [-0.05, 0) is 80.7 Å². The second-order valence-corrected chi connectivity index (χ2v) is 12.1. The summed E-state index contributed by atoms with van der Waals surface area (Å²) in [7, 11) is 1.69. The normalized spacial score (nSPS) is 24.9. The second kappa shape index (κ2) is 9.31. The number of pyridine rings is 1. The lowest BCUT2D eigenvalue weighted by Gasteiger charge is -2.28. The molecule has 2 saturated carbocycles. The van der Waals surface area contributed by atoms with Crippen molar-refractivity contribution in [2.75, 3.05) is 26.9 Å². The van der Waals surface area contributed by atoms with Gasteiger partial charge in [0.1, 0.15) is 16.9 Å². The van der Waals surface area contributed by atoms with Crippen molar-refractivity contribution >= 4 is 28.0 Å². The number of piperidine rings is 1. The molecule has 0 spiro atoms. The molecule has 3 atom stereocenters. The monoisotopic (exact) mass is 540 g/mol. The van der Waals surface area contributed by atoms with E-state index in [9.17, 15) is 4.79 Å². The molecule has 2 aliphatic carbocycles. The first-order valence-electron chi connectivity index (χ1n) is 14.8. The summed E-state index contributed by atoms with van der Waals surface area (Å²) in [5.74, 6) is 2.70. The summed E-state index contributed by atoms with van der Waals surface area (Å²) in [4.78, 5) is 25.8. The zero-order chi connectivity index (χ0) is 27.0. The van der Waals surface area contributed by atoms with Crippen LogP contribution in [0.15, 0.2) is 36.5 Å². The Morgan fingerprint density at radius 2 is 1.98 bits per heavy atom. The van der Waals surface area contributed by atoms with E-state index in [0.717, 1.165) is 72.4 Å². The molecule has 5 heterocycles. The maximum Gasteiger partial charge on any atom is 0.254 e. The van der Waals surface area contributed by atoms with Crippen molar-refractivity contribution in [2.45, 2.75) is 63.2 Å². The number of fused-ring (bicyclic) bond motifs is 4. The third-order valence-corrected chi connectivity index (χ3v) is 9.71. The number of hydrogen-bond donors (Lipinski definition) is 1. The van der Waals surface area contributed by atoms with Crippen molar-refractivity contribution in [1.29, 1.82) is 0 Å². The van der Waals surface area contributed by atoms with Gasteiger partial charge < -0.3 is 29.2 Å². The molecule has 9 heteroatoms. The average molecular weight is 541 g/mol. The Morgan fingerprint density at radius 3 is 2.70 bits per heavy atom. The van der Waals surface area contributed by atoms with Crippen LogP contribution in [0.2, 0.25) is 0 Å². The van der Waals surface area contributed by atoms with Gasteiger partial charge in [0.2, 0.25) is 0 Å². The van der Waals surface area contributed by atoms with Crippen LogP contribution in [0.25, 0.3) is 33.6 Å². The van der Waals surface area contributed by atoms with Crippen molar-refractivity contribution in [3.05, 3.63) is 42.1 Å². The number of nitrogens with zero attached hydrogens (tertiary/aromatic N) is 5. The van der Waals surface area contributed by atoms with Crippen molar-refractivity contribution in [3.8, 4) is 17.3 Å². The second-order valence-electron chi connectivity index (χ2n) is 12.1. The number of hydrogen-bond acceptors (Lipinski definition) is 6. The molecule has 8 rings (SSSR count). The summed E-state index contributed by atoms with van der Waals surface area (Å²) >= 11 is 0. The number of rotatable bonds is 6. The topological polar surface area (TPSA) is 100 Å². The van der Waals surface area contributed by atoms with Gasteiger partial charge in [0, 0.05) is 61.6 Å². The minimum atomic E-state index is 0.0251. The Labute approximate surface area is 233 Å². The summed E-state index contributed by atoms with van der Waals surface area (Å²) in [6.07, 6.45) is 8.28. The highest BCUT2D eigenvalue weighted by Gasteiger charge is 2.47. The molecule has 0 radical (unpaired) electrons. The van der Waals surface area contributed by atoms with Gasteiger partial charge in [-0.1, -0.05) is 0 Å². The van der Waals surface area contributed by atoms with Crippen molar-refractivity contribution in [1.82, 2.24) is 24.0 Å². The van der Waals surface area contributed by atoms with E-state index in [1.807, 2.05) is 29.3 Å². The number of ether oxygens (including phenoxy) is 2. The van der Waals surface area contributed by atoms with E-state index in [1.165, 1.54) is 12.8 Å². The molecule has 3 aromatic heterocycles. The largest absolute Gasteiger partial charge is 0.494 e. The standard InChI is InChI=1S/C31H36N6O3/c1-39-26-15-21(31(38)36-17-20-6-7-24(36)27(20)32)13-23-28(26)37(22-8-11-40-12-9-22)30(34-23)25-14-19-3-2-10-33-29(19)35(25)16-18-4-5-18/h2-3,10,13-15,18,20,22,24,27H,4-9,11-12,16-17,32H2,1H3/t20-,24-,27?/m1/s1. The number of carbonyl (C=O) groups is 1. The molecular weight excluding hydrogens is 504 g/mol. The Balaban J connectivity index is 1.31. The van der Waals surface area contributed by atoms with E-state index in [2.05, 4.69) is 21.3 Å². The van der Waals surface area contributed by atoms with Gasteiger partial charge in [-0.15, -0.1) is 0 Å². The molecule has 9 nitrogen and oxygen atoms in total. The van der Waals surface area contributed by atoms with Crippen LogP contribution in [0.4, 0.5) is 0 Å². The zero-order valence-corrected chi connectivity index (χ0v) is 23.0. The lowest BCUT2D eigenvalue weighted by atomic mass is 10.1. The summed E-state index contributed by atoms with van der Waals surface area (Å²) in [6, 6.07) is 10.6. The molecule has 40 heavy (non-hydrogen) atoms. The predicted molar refractivity (Wildman–Crippen MR) is 152 cm³/mol. The van der Waals surface area contributed by atoms with E-state index in [4.69, 9.17) is 25.2 Å². The molecule has 2 N–H and O–H groups in total. The van der Waals surface area contributed by atoms with Crippen LogP contribution in [-0.4, -0.2) is 68.9 Å². The molecule has 4 aromatic rings. The van der Waals surface area contributed by atoms with Crippen LogP contribution in [0, 0.1) is 11.8 Å². The maximum atomic E-state index is 13.8. The third kappa shape index (κ3) is 3.78. The van der Waals surface area contributed by atoms with Gasteiger partial charge in [-0.25, -0.2) is 9.97 Å². The SMILES string of the molecule is COc1cc(C(=O)N2C[C@H]3CC[C@@H]2C3N)cc2nc(-c3cc4cccnc4n3CC3CC3)n(C3CCOCC3)c12. The van der Waals surface area contributed by atoms with Crippen molar-refractivity contribution in [2.24, 2.45) is 17.6 Å². The molecule has 2 aliphatic heterocycles. The predicted octanol–water partition coefficient (Wildman–Crippen LogP) is 4.38. The molecule has 4 fully saturated rings. The molecule has 1 aromatic carbocycles. The number of nitrogens with two attached hydrogens (primary N) is 1. The highest BCUT2D eigenvalue weighted by molar-refractivity contribution is 6.00. The molecule has 208 valence electrons. The van der Waals surface area contributed by atoms with Gasteiger partial charge in [0.05, 0.1) is 18.3 Å². The quantitative estimate of drug-likeness (QED) is 0.390. The molecule has 1 unspecified atom stereocenters. The molecular formula is C31H36N6O3. The van der Waals surface area contributed by atoms with Gasteiger partial charge in [-0.3, -0.25) is 4.79 Å². The maximum absolute atomic E-state index is 13.8. The van der Waals surface area contributed by atoms with Crippen LogP contribution < -0.4 is 10.5 Å². The number of methoxy groups -OCH3 is 1. The smallest absolute Gasteiger partial charge is 0.254 e. The fourth-order valence-electron chi connectivity index (χ4n) is 7.42. The van der Waals surface area contributed by atoms with Gasteiger partial charge in [0.25, 0.3) is 5.91 Å². The van der Waals surface area contributed by atoms with Crippen molar-refractivity contribution in [3.63, 3.8) is 0 Å². The van der Waals surface area contributed by atoms with Gasteiger partial charge in [-0.2, -0.15) is 0 Å². The van der Waals surface area contributed by atoms with E-state index < -0.39 is 0 Å². The Hall–Kier alpha value is -3.43. The van der Waals surface area contributed by atoms with Crippen LogP contribution in [0.3, 0.4) is 0 Å². The molecule has 1 amide bonds. The minimum absolute atomic E-state index is 0.0251. The van der Waals surface area contributed by atoms with E-state index in [1.54, 1.807) is 7.11 Å². The molecule has 4 aliphatic rings.